The van der Waals surface area contributed by atoms with Gasteiger partial charge in [0.2, 0.25) is 5.78 Å². The molecular weight excluding hydrogens is 152 g/mol. The van der Waals surface area contributed by atoms with Gasteiger partial charge in [-0.05, 0) is 38.3 Å². The first kappa shape index (κ1) is 9.04. The number of hydrogen-bond acceptors (Lipinski definition) is 2. The molecule has 0 saturated heterocycles. The number of Topliss-reactive ketones (excluding diaryl/α,β-unsaturated/α-hetero) is 1. The van der Waals surface area contributed by atoms with Crippen molar-refractivity contribution >= 4 is 5.78 Å². The van der Waals surface area contributed by atoms with Gasteiger partial charge in [-0.2, -0.15) is 0 Å². The molecule has 1 heterocycles. The van der Waals surface area contributed by atoms with E-state index in [4.69, 9.17) is 4.74 Å². The number of rotatable bonds is 2. The average molecular weight is 166 g/mol. The highest BCUT2D eigenvalue weighted by molar-refractivity contribution is 6.06. The number of ether oxygens (including phenoxy) is 1. The molecule has 2 heteroatoms. The molecule has 0 fully saturated rings. The highest BCUT2D eigenvalue weighted by atomic mass is 16.5. The van der Waals surface area contributed by atoms with E-state index in [1.165, 1.54) is 0 Å². The second-order valence-corrected chi connectivity index (χ2v) is 2.86. The Labute approximate surface area is 72.9 Å². The van der Waals surface area contributed by atoms with Gasteiger partial charge in [0.25, 0.3) is 0 Å². The molecule has 0 N–H and O–H groups in total. The largest absolute Gasteiger partial charge is 0.490 e. The van der Waals surface area contributed by atoms with E-state index in [2.05, 4.69) is 0 Å². The minimum atomic E-state index is 0.0252. The summed E-state index contributed by atoms with van der Waals surface area (Å²) in [5, 5.41) is 0. The van der Waals surface area contributed by atoms with Crippen molar-refractivity contribution < 1.29 is 9.53 Å². The molecule has 0 saturated carbocycles. The molecule has 1 aliphatic rings. The predicted octanol–water partition coefficient (Wildman–Crippen LogP) is 2.22. The van der Waals surface area contributed by atoms with Gasteiger partial charge in [-0.3, -0.25) is 4.79 Å². The van der Waals surface area contributed by atoms with Gasteiger partial charge in [0.1, 0.15) is 0 Å². The lowest BCUT2D eigenvalue weighted by Crippen LogP contribution is -2.11. The fraction of sp³-hybridized carbons (Fsp3) is 0.500. The van der Waals surface area contributed by atoms with Gasteiger partial charge >= 0.3 is 0 Å². The van der Waals surface area contributed by atoms with Crippen molar-refractivity contribution in [3.05, 3.63) is 23.5 Å². The third-order valence-corrected chi connectivity index (χ3v) is 1.95. The third-order valence-electron chi connectivity index (χ3n) is 1.95. The molecule has 0 bridgehead atoms. The molecule has 12 heavy (non-hydrogen) atoms. The van der Waals surface area contributed by atoms with Crippen LogP contribution >= 0.6 is 0 Å². The fourth-order valence-corrected chi connectivity index (χ4v) is 1.04. The van der Waals surface area contributed by atoms with Crippen LogP contribution in [0.25, 0.3) is 0 Å². The van der Waals surface area contributed by atoms with E-state index in [1.807, 2.05) is 13.0 Å². The molecule has 0 aliphatic carbocycles. The molecule has 2 nitrogen and oxygen atoms in total. The Hall–Kier alpha value is -1.05. The first-order valence-electron chi connectivity index (χ1n) is 4.26. The second-order valence-electron chi connectivity index (χ2n) is 2.86. The zero-order chi connectivity index (χ0) is 8.97. The number of hydrogen-bond donors (Lipinski definition) is 0. The fourth-order valence-electron chi connectivity index (χ4n) is 1.04. The van der Waals surface area contributed by atoms with Crippen molar-refractivity contribution in [3.63, 3.8) is 0 Å². The van der Waals surface area contributed by atoms with Gasteiger partial charge in [0, 0.05) is 0 Å². The summed E-state index contributed by atoms with van der Waals surface area (Å²) in [6, 6.07) is 0. The number of carbonyl (C=O) groups excluding carboxylic acids is 1. The smallest absolute Gasteiger partial charge is 0.222 e. The number of allylic oxidation sites excluding steroid dienone is 3. The monoisotopic (exact) mass is 166 g/mol. The Morgan fingerprint density at radius 1 is 1.67 bits per heavy atom. The molecule has 0 spiro atoms. The Balaban J connectivity index is 2.69. The van der Waals surface area contributed by atoms with E-state index in [9.17, 15) is 4.79 Å². The SMILES string of the molecule is C/C=C(/C)C(=O)C1=CCCCO1. The summed E-state index contributed by atoms with van der Waals surface area (Å²) in [5.74, 6) is 0.550. The summed E-state index contributed by atoms with van der Waals surface area (Å²) in [7, 11) is 0. The molecule has 66 valence electrons. The zero-order valence-electron chi connectivity index (χ0n) is 7.59. The second kappa shape index (κ2) is 4.10. The molecule has 0 amide bonds. The Morgan fingerprint density at radius 2 is 2.42 bits per heavy atom. The normalized spacial score (nSPS) is 18.2. The Morgan fingerprint density at radius 3 is 2.92 bits per heavy atom. The number of ketones is 1. The summed E-state index contributed by atoms with van der Waals surface area (Å²) in [6.45, 7) is 4.34. The average Bonchev–Trinajstić information content (AvgIpc) is 2.17. The molecule has 0 aromatic rings. The van der Waals surface area contributed by atoms with Crippen LogP contribution < -0.4 is 0 Å². The maximum atomic E-state index is 11.5. The van der Waals surface area contributed by atoms with Gasteiger partial charge in [-0.1, -0.05) is 6.08 Å². The topological polar surface area (TPSA) is 26.3 Å². The van der Waals surface area contributed by atoms with Crippen molar-refractivity contribution in [2.24, 2.45) is 0 Å². The van der Waals surface area contributed by atoms with Crippen molar-refractivity contribution in [2.75, 3.05) is 6.61 Å². The summed E-state index contributed by atoms with van der Waals surface area (Å²) >= 11 is 0. The molecule has 0 aromatic carbocycles. The summed E-state index contributed by atoms with van der Waals surface area (Å²) in [5.41, 5.74) is 0.753. The van der Waals surface area contributed by atoms with Crippen LogP contribution in [-0.2, 0) is 9.53 Å². The van der Waals surface area contributed by atoms with Crippen LogP contribution in [0.3, 0.4) is 0 Å². The van der Waals surface area contributed by atoms with E-state index in [0.717, 1.165) is 18.4 Å². The highest BCUT2D eigenvalue weighted by Gasteiger charge is 2.14. The van der Waals surface area contributed by atoms with Gasteiger partial charge < -0.3 is 4.74 Å². The van der Waals surface area contributed by atoms with E-state index in [-0.39, 0.29) is 5.78 Å². The molecule has 1 rings (SSSR count). The highest BCUT2D eigenvalue weighted by Crippen LogP contribution is 2.14. The van der Waals surface area contributed by atoms with E-state index >= 15 is 0 Å². The molecule has 0 radical (unpaired) electrons. The molecule has 1 aliphatic heterocycles. The third kappa shape index (κ3) is 1.97. The lowest BCUT2D eigenvalue weighted by molar-refractivity contribution is -0.115. The van der Waals surface area contributed by atoms with Crippen LogP contribution in [-0.4, -0.2) is 12.4 Å². The van der Waals surface area contributed by atoms with E-state index in [0.29, 0.717) is 12.4 Å². The minimum absolute atomic E-state index is 0.0252. The van der Waals surface area contributed by atoms with Crippen LogP contribution in [0.15, 0.2) is 23.5 Å². The minimum Gasteiger partial charge on any atom is -0.490 e. The van der Waals surface area contributed by atoms with Crippen LogP contribution in [0, 0.1) is 0 Å². The van der Waals surface area contributed by atoms with E-state index in [1.54, 1.807) is 13.0 Å². The molecule has 0 unspecified atom stereocenters. The summed E-state index contributed by atoms with van der Waals surface area (Å²) in [4.78, 5) is 11.5. The standard InChI is InChI=1S/C10H14O2/c1-3-8(2)10(11)9-6-4-5-7-12-9/h3,6H,4-5,7H2,1-2H3/b8-3-. The van der Waals surface area contributed by atoms with Crippen molar-refractivity contribution in [2.45, 2.75) is 26.7 Å². The van der Waals surface area contributed by atoms with Crippen molar-refractivity contribution in [1.29, 1.82) is 0 Å². The maximum absolute atomic E-state index is 11.5. The summed E-state index contributed by atoms with van der Waals surface area (Å²) < 4.78 is 5.23. The van der Waals surface area contributed by atoms with Gasteiger partial charge in [-0.15, -0.1) is 0 Å². The quantitative estimate of drug-likeness (QED) is 0.588. The maximum Gasteiger partial charge on any atom is 0.222 e. The Bertz CT molecular complexity index is 236. The zero-order valence-corrected chi connectivity index (χ0v) is 7.59. The molecule has 0 aromatic heterocycles. The van der Waals surface area contributed by atoms with Crippen molar-refractivity contribution in [1.82, 2.24) is 0 Å². The lowest BCUT2D eigenvalue weighted by atomic mass is 10.1. The first-order valence-corrected chi connectivity index (χ1v) is 4.26. The predicted molar refractivity (Wildman–Crippen MR) is 47.7 cm³/mol. The van der Waals surface area contributed by atoms with Crippen molar-refractivity contribution in [3.8, 4) is 0 Å². The first-order chi connectivity index (χ1) is 5.75. The molecule has 0 atom stereocenters. The van der Waals surface area contributed by atoms with E-state index < -0.39 is 0 Å². The van der Waals surface area contributed by atoms with Crippen LogP contribution in [0.4, 0.5) is 0 Å². The van der Waals surface area contributed by atoms with Crippen LogP contribution in [0.1, 0.15) is 26.7 Å². The lowest BCUT2D eigenvalue weighted by Gasteiger charge is -2.13. The molecular formula is C10H14O2. The summed E-state index contributed by atoms with van der Waals surface area (Å²) in [6.07, 6.45) is 5.66. The van der Waals surface area contributed by atoms with Gasteiger partial charge in [-0.25, -0.2) is 0 Å². The number of carbonyl (C=O) groups is 1. The van der Waals surface area contributed by atoms with Crippen LogP contribution in [0.5, 0.6) is 0 Å². The van der Waals surface area contributed by atoms with Gasteiger partial charge in [0.15, 0.2) is 5.76 Å². The van der Waals surface area contributed by atoms with Gasteiger partial charge in [0.05, 0.1) is 6.61 Å². The Kier molecular flexibility index (Phi) is 3.09. The van der Waals surface area contributed by atoms with Crippen LogP contribution in [0.2, 0.25) is 0 Å².